The van der Waals surface area contributed by atoms with Gasteiger partial charge in [-0.2, -0.15) is 0 Å². The Morgan fingerprint density at radius 1 is 1.03 bits per heavy atom. The quantitative estimate of drug-likeness (QED) is 0.465. The molecule has 1 fully saturated rings. The van der Waals surface area contributed by atoms with Crippen molar-refractivity contribution in [2.24, 2.45) is 0 Å². The molecule has 2 aromatic carbocycles. The predicted molar refractivity (Wildman–Crippen MR) is 135 cm³/mol. The van der Waals surface area contributed by atoms with Gasteiger partial charge >= 0.3 is 0 Å². The maximum Gasteiger partial charge on any atom is 0.242 e. The minimum atomic E-state index is -3.84. The van der Waals surface area contributed by atoms with Gasteiger partial charge in [0, 0.05) is 31.6 Å². The van der Waals surface area contributed by atoms with Gasteiger partial charge in [0.25, 0.3) is 0 Å². The third-order valence-corrected chi connectivity index (χ3v) is 7.67. The molecule has 7 nitrogen and oxygen atoms in total. The molecule has 1 aliphatic carbocycles. The molecule has 0 spiro atoms. The number of nitrogens with one attached hydrogen (secondary N) is 1. The van der Waals surface area contributed by atoms with E-state index in [2.05, 4.69) is 5.32 Å². The van der Waals surface area contributed by atoms with E-state index in [1.807, 2.05) is 0 Å². The van der Waals surface area contributed by atoms with Crippen molar-refractivity contribution in [3.05, 3.63) is 65.5 Å². The monoisotopic (exact) mass is 539 g/mol. The van der Waals surface area contributed by atoms with Crippen molar-refractivity contribution in [2.75, 3.05) is 17.1 Å². The number of hydrogen-bond donors (Lipinski definition) is 1. The van der Waals surface area contributed by atoms with Crippen molar-refractivity contribution in [1.29, 1.82) is 0 Å². The van der Waals surface area contributed by atoms with Crippen LogP contribution in [0.4, 0.5) is 18.9 Å². The molecule has 0 radical (unpaired) electrons. The molecule has 202 valence electrons. The maximum atomic E-state index is 13.7. The molecule has 1 N–H and O–H groups in total. The maximum absolute atomic E-state index is 13.7. The summed E-state index contributed by atoms with van der Waals surface area (Å²) < 4.78 is 65.9. The molecule has 1 saturated carbocycles. The molecule has 2 amide bonds. The summed E-state index contributed by atoms with van der Waals surface area (Å²) in [6.45, 7) is 1.54. The molecule has 1 aliphatic rings. The summed E-state index contributed by atoms with van der Waals surface area (Å²) in [5.74, 6) is -3.39. The lowest BCUT2D eigenvalue weighted by atomic mass is 10.1. The Labute approximate surface area is 215 Å². The number of amides is 2. The fourth-order valence-electron chi connectivity index (χ4n) is 4.41. The summed E-state index contributed by atoms with van der Waals surface area (Å²) in [5.41, 5.74) is 0.580. The number of carbonyl (C=O) groups excluding carboxylic acids is 2. The number of carbonyl (C=O) groups is 2. The van der Waals surface area contributed by atoms with Crippen molar-refractivity contribution in [2.45, 2.75) is 64.1 Å². The average molecular weight is 540 g/mol. The van der Waals surface area contributed by atoms with Gasteiger partial charge in [-0.05, 0) is 56.0 Å². The van der Waals surface area contributed by atoms with Gasteiger partial charge in [-0.15, -0.1) is 0 Å². The smallest absolute Gasteiger partial charge is 0.242 e. The topological polar surface area (TPSA) is 86.8 Å². The Kier molecular flexibility index (Phi) is 9.58. The summed E-state index contributed by atoms with van der Waals surface area (Å²) >= 11 is 0. The third-order valence-electron chi connectivity index (χ3n) is 6.48. The van der Waals surface area contributed by atoms with Crippen molar-refractivity contribution in [3.63, 3.8) is 0 Å². The summed E-state index contributed by atoms with van der Waals surface area (Å²) in [4.78, 5) is 27.6. The first kappa shape index (κ1) is 28.5. The second-order valence-electron chi connectivity index (χ2n) is 9.35. The van der Waals surface area contributed by atoms with Crippen LogP contribution in [0.15, 0.2) is 42.5 Å². The van der Waals surface area contributed by atoms with Gasteiger partial charge in [0.1, 0.15) is 11.9 Å². The highest BCUT2D eigenvalue weighted by atomic mass is 32.2. The van der Waals surface area contributed by atoms with Crippen molar-refractivity contribution in [3.8, 4) is 0 Å². The highest BCUT2D eigenvalue weighted by Gasteiger charge is 2.29. The minimum Gasteiger partial charge on any atom is -0.352 e. The van der Waals surface area contributed by atoms with Crippen LogP contribution >= 0.6 is 0 Å². The minimum absolute atomic E-state index is 0.0543. The molecule has 0 heterocycles. The molecular formula is C26H32F3N3O4S. The van der Waals surface area contributed by atoms with Gasteiger partial charge in [0.2, 0.25) is 21.8 Å². The van der Waals surface area contributed by atoms with Crippen LogP contribution in [0, 0.1) is 17.5 Å². The third kappa shape index (κ3) is 7.95. The molecule has 2 aromatic rings. The Hall–Kier alpha value is -3.08. The van der Waals surface area contributed by atoms with E-state index in [1.54, 1.807) is 6.92 Å². The van der Waals surface area contributed by atoms with Crippen molar-refractivity contribution in [1.82, 2.24) is 10.2 Å². The van der Waals surface area contributed by atoms with Crippen LogP contribution in [-0.2, 0) is 26.2 Å². The summed E-state index contributed by atoms with van der Waals surface area (Å²) in [6, 6.07) is 7.64. The van der Waals surface area contributed by atoms with Crippen LogP contribution in [0.25, 0.3) is 0 Å². The molecule has 0 aliphatic heterocycles. The lowest BCUT2D eigenvalue weighted by Crippen LogP contribution is -2.49. The zero-order valence-corrected chi connectivity index (χ0v) is 21.7. The van der Waals surface area contributed by atoms with E-state index in [0.29, 0.717) is 5.56 Å². The van der Waals surface area contributed by atoms with Gasteiger partial charge in [-0.1, -0.05) is 25.0 Å². The first-order chi connectivity index (χ1) is 17.5. The highest BCUT2D eigenvalue weighted by molar-refractivity contribution is 7.92. The number of sulfonamides is 1. The summed E-state index contributed by atoms with van der Waals surface area (Å²) in [7, 11) is -3.84. The van der Waals surface area contributed by atoms with Gasteiger partial charge in [0.15, 0.2) is 11.6 Å². The fraction of sp³-hybridized carbons (Fsp3) is 0.462. The van der Waals surface area contributed by atoms with Gasteiger partial charge in [-0.3, -0.25) is 13.9 Å². The van der Waals surface area contributed by atoms with E-state index in [4.69, 9.17) is 0 Å². The molecule has 0 bridgehead atoms. The van der Waals surface area contributed by atoms with E-state index >= 15 is 0 Å². The van der Waals surface area contributed by atoms with Crippen molar-refractivity contribution >= 4 is 27.5 Å². The van der Waals surface area contributed by atoms with Gasteiger partial charge in [0.05, 0.1) is 11.9 Å². The van der Waals surface area contributed by atoms with Crippen LogP contribution in [0.2, 0.25) is 0 Å². The molecule has 0 unspecified atom stereocenters. The van der Waals surface area contributed by atoms with Crippen molar-refractivity contribution < 1.29 is 31.2 Å². The number of anilines is 1. The van der Waals surface area contributed by atoms with E-state index in [-0.39, 0.29) is 43.6 Å². The number of hydrogen-bond acceptors (Lipinski definition) is 4. The average Bonchev–Trinajstić information content (AvgIpc) is 3.35. The van der Waals surface area contributed by atoms with E-state index in [9.17, 15) is 31.2 Å². The van der Waals surface area contributed by atoms with E-state index < -0.39 is 39.4 Å². The lowest BCUT2D eigenvalue weighted by Gasteiger charge is -2.30. The fourth-order valence-corrected chi connectivity index (χ4v) is 5.36. The lowest BCUT2D eigenvalue weighted by molar-refractivity contribution is -0.141. The van der Waals surface area contributed by atoms with Crippen LogP contribution in [0.5, 0.6) is 0 Å². The molecule has 3 rings (SSSR count). The summed E-state index contributed by atoms with van der Waals surface area (Å²) in [5, 5.41) is 2.99. The predicted octanol–water partition coefficient (Wildman–Crippen LogP) is 4.13. The first-order valence-corrected chi connectivity index (χ1v) is 14.1. The zero-order chi connectivity index (χ0) is 27.2. The SMILES string of the molecule is C[C@@H](C(=O)NC1CCCC1)N(Cc1ccc(F)cc1)C(=O)CCCN(c1ccc(F)c(F)c1)S(C)(=O)=O. The van der Waals surface area contributed by atoms with Gasteiger partial charge < -0.3 is 10.2 Å². The van der Waals surface area contributed by atoms with Gasteiger partial charge in [-0.25, -0.2) is 21.6 Å². The van der Waals surface area contributed by atoms with Crippen LogP contribution < -0.4 is 9.62 Å². The number of benzene rings is 2. The highest BCUT2D eigenvalue weighted by Crippen LogP contribution is 2.22. The number of halogens is 3. The molecule has 0 saturated heterocycles. The van der Waals surface area contributed by atoms with Crippen LogP contribution in [0.3, 0.4) is 0 Å². The first-order valence-electron chi connectivity index (χ1n) is 12.2. The molecule has 11 heteroatoms. The van der Waals surface area contributed by atoms with Crippen LogP contribution in [-0.4, -0.2) is 50.0 Å². The Morgan fingerprint density at radius 3 is 2.27 bits per heavy atom. The Bertz CT molecular complexity index is 1200. The molecule has 37 heavy (non-hydrogen) atoms. The number of nitrogens with zero attached hydrogens (tertiary/aromatic N) is 2. The van der Waals surface area contributed by atoms with E-state index in [1.165, 1.54) is 29.2 Å². The summed E-state index contributed by atoms with van der Waals surface area (Å²) in [6.07, 6.45) is 4.75. The molecular weight excluding hydrogens is 507 g/mol. The normalized spacial score (nSPS) is 14.8. The zero-order valence-electron chi connectivity index (χ0n) is 20.9. The Balaban J connectivity index is 1.72. The van der Waals surface area contributed by atoms with Crippen LogP contribution in [0.1, 0.15) is 51.0 Å². The number of rotatable bonds is 11. The standard InChI is InChI=1S/C26H32F3N3O4S/c1-18(26(34)30-21-6-3-4-7-21)31(17-19-9-11-20(27)12-10-19)25(33)8-5-15-32(37(2,35)36)22-13-14-23(28)24(29)16-22/h9-14,16,18,21H,3-8,15,17H2,1-2H3,(H,30,34)/t18-/m0/s1. The second-order valence-corrected chi connectivity index (χ2v) is 11.3. The second kappa shape index (κ2) is 12.4. The molecule has 1 atom stereocenters. The Morgan fingerprint density at radius 2 is 1.68 bits per heavy atom. The molecule has 0 aromatic heterocycles. The van der Waals surface area contributed by atoms with E-state index in [0.717, 1.165) is 54.4 Å². The largest absolute Gasteiger partial charge is 0.352 e.